The van der Waals surface area contributed by atoms with Crippen molar-refractivity contribution in [1.82, 2.24) is 15.5 Å². The predicted molar refractivity (Wildman–Crippen MR) is 100 cm³/mol. The van der Waals surface area contributed by atoms with Gasteiger partial charge in [-0.1, -0.05) is 30.3 Å². The Hall–Kier alpha value is -1.69. The van der Waals surface area contributed by atoms with E-state index in [0.29, 0.717) is 5.96 Å². The average molecular weight is 337 g/mol. The number of aliphatic imine (C=N–C) groups is 1. The maximum atomic E-state index is 11.7. The standard InChI is InChI=1S/C17H28N4OS/c1-21(2)16(22)14-20-17(19-12-13-23-3)18-11-7-10-15-8-5-4-6-9-15/h4-6,8-9H,7,10-14H2,1-3H3,(H2,18,19,20). The fraction of sp³-hybridized carbons (Fsp3) is 0.529. The molecule has 1 aromatic carbocycles. The molecule has 0 aliphatic carbocycles. The molecule has 6 heteroatoms. The largest absolute Gasteiger partial charge is 0.356 e. The predicted octanol–water partition coefficient (Wildman–Crippen LogP) is 1.61. The fourth-order valence-electron chi connectivity index (χ4n) is 1.88. The van der Waals surface area contributed by atoms with Crippen LogP contribution in [0.15, 0.2) is 35.3 Å². The SMILES string of the molecule is CSCCNC(=NCC(=O)N(C)C)NCCCc1ccccc1. The Balaban J connectivity index is 2.38. The van der Waals surface area contributed by atoms with E-state index in [4.69, 9.17) is 0 Å². The third-order valence-electron chi connectivity index (χ3n) is 3.25. The molecule has 1 aromatic rings. The molecule has 0 aliphatic rings. The highest BCUT2D eigenvalue weighted by Crippen LogP contribution is 2.01. The van der Waals surface area contributed by atoms with Crippen molar-refractivity contribution in [2.45, 2.75) is 12.8 Å². The molecule has 0 fully saturated rings. The van der Waals surface area contributed by atoms with Gasteiger partial charge in [0.05, 0.1) is 0 Å². The van der Waals surface area contributed by atoms with Crippen molar-refractivity contribution in [1.29, 1.82) is 0 Å². The van der Waals surface area contributed by atoms with Crippen LogP contribution in [-0.2, 0) is 11.2 Å². The number of hydrogen-bond donors (Lipinski definition) is 2. The van der Waals surface area contributed by atoms with Crippen molar-refractivity contribution in [2.75, 3.05) is 45.7 Å². The van der Waals surface area contributed by atoms with Crippen LogP contribution < -0.4 is 10.6 Å². The Bertz CT molecular complexity index is 477. The number of carbonyl (C=O) groups is 1. The number of guanidine groups is 1. The lowest BCUT2D eigenvalue weighted by atomic mass is 10.1. The van der Waals surface area contributed by atoms with Crippen LogP contribution in [0.3, 0.4) is 0 Å². The van der Waals surface area contributed by atoms with E-state index in [9.17, 15) is 4.79 Å². The molecule has 2 N–H and O–H groups in total. The maximum Gasteiger partial charge on any atom is 0.243 e. The van der Waals surface area contributed by atoms with Crippen LogP contribution in [0.5, 0.6) is 0 Å². The molecule has 0 aliphatic heterocycles. The van der Waals surface area contributed by atoms with Gasteiger partial charge in [0, 0.05) is 32.9 Å². The van der Waals surface area contributed by atoms with Crippen molar-refractivity contribution < 1.29 is 4.79 Å². The van der Waals surface area contributed by atoms with Crippen LogP contribution in [0.4, 0.5) is 0 Å². The highest BCUT2D eigenvalue weighted by molar-refractivity contribution is 7.98. The van der Waals surface area contributed by atoms with Crippen molar-refractivity contribution in [3.8, 4) is 0 Å². The summed E-state index contributed by atoms with van der Waals surface area (Å²) in [6.45, 7) is 1.83. The summed E-state index contributed by atoms with van der Waals surface area (Å²) in [6, 6.07) is 10.4. The van der Waals surface area contributed by atoms with Gasteiger partial charge in [-0.15, -0.1) is 0 Å². The molecule has 23 heavy (non-hydrogen) atoms. The first-order valence-electron chi connectivity index (χ1n) is 7.88. The number of nitrogens with one attached hydrogen (secondary N) is 2. The molecular formula is C17H28N4OS. The van der Waals surface area contributed by atoms with Gasteiger partial charge in [0.15, 0.2) is 5.96 Å². The summed E-state index contributed by atoms with van der Waals surface area (Å²) in [7, 11) is 3.48. The van der Waals surface area contributed by atoms with Gasteiger partial charge >= 0.3 is 0 Å². The lowest BCUT2D eigenvalue weighted by molar-refractivity contribution is -0.127. The van der Waals surface area contributed by atoms with Gasteiger partial charge in [-0.05, 0) is 24.7 Å². The minimum absolute atomic E-state index is 0.000233. The Morgan fingerprint density at radius 3 is 2.52 bits per heavy atom. The molecule has 0 saturated carbocycles. The Morgan fingerprint density at radius 2 is 1.87 bits per heavy atom. The molecule has 0 unspecified atom stereocenters. The zero-order valence-electron chi connectivity index (χ0n) is 14.3. The molecule has 0 atom stereocenters. The van der Waals surface area contributed by atoms with E-state index in [2.05, 4.69) is 46.1 Å². The topological polar surface area (TPSA) is 56.7 Å². The van der Waals surface area contributed by atoms with Crippen LogP contribution in [0, 0.1) is 0 Å². The number of carbonyl (C=O) groups excluding carboxylic acids is 1. The molecule has 0 bridgehead atoms. The number of likely N-dealkylation sites (N-methyl/N-ethyl adjacent to an activating group) is 1. The van der Waals surface area contributed by atoms with Crippen molar-refractivity contribution in [3.63, 3.8) is 0 Å². The van der Waals surface area contributed by atoms with E-state index >= 15 is 0 Å². The van der Waals surface area contributed by atoms with E-state index in [-0.39, 0.29) is 12.5 Å². The second-order valence-electron chi connectivity index (χ2n) is 5.39. The number of rotatable bonds is 9. The highest BCUT2D eigenvalue weighted by Gasteiger charge is 2.04. The number of aryl methyl sites for hydroxylation is 1. The summed E-state index contributed by atoms with van der Waals surface area (Å²) >= 11 is 1.78. The lowest BCUT2D eigenvalue weighted by Crippen LogP contribution is -2.40. The maximum absolute atomic E-state index is 11.7. The Morgan fingerprint density at radius 1 is 1.17 bits per heavy atom. The number of amides is 1. The number of nitrogens with zero attached hydrogens (tertiary/aromatic N) is 2. The first-order valence-corrected chi connectivity index (χ1v) is 9.28. The van der Waals surface area contributed by atoms with Crippen molar-refractivity contribution in [2.24, 2.45) is 4.99 Å². The minimum Gasteiger partial charge on any atom is -0.356 e. The van der Waals surface area contributed by atoms with Crippen LogP contribution in [0.1, 0.15) is 12.0 Å². The minimum atomic E-state index is 0.000233. The zero-order chi connectivity index (χ0) is 16.9. The van der Waals surface area contributed by atoms with Crippen LogP contribution in [0.25, 0.3) is 0 Å². The first-order chi connectivity index (χ1) is 11.1. The molecule has 0 aromatic heterocycles. The normalized spacial score (nSPS) is 11.2. The molecule has 0 heterocycles. The van der Waals surface area contributed by atoms with Crippen LogP contribution in [0.2, 0.25) is 0 Å². The summed E-state index contributed by atoms with van der Waals surface area (Å²) in [5.74, 6) is 1.72. The quantitative estimate of drug-likeness (QED) is 0.409. The Labute approximate surface area is 143 Å². The van der Waals surface area contributed by atoms with E-state index < -0.39 is 0 Å². The van der Waals surface area contributed by atoms with Gasteiger partial charge in [-0.3, -0.25) is 4.79 Å². The molecule has 0 saturated heterocycles. The van der Waals surface area contributed by atoms with Gasteiger partial charge in [0.25, 0.3) is 0 Å². The van der Waals surface area contributed by atoms with E-state index in [1.165, 1.54) is 5.56 Å². The van der Waals surface area contributed by atoms with Gasteiger partial charge in [0.1, 0.15) is 6.54 Å². The number of benzene rings is 1. The second kappa shape index (κ2) is 11.8. The summed E-state index contributed by atoms with van der Waals surface area (Å²) in [6.07, 6.45) is 4.12. The number of hydrogen-bond acceptors (Lipinski definition) is 3. The molecule has 1 rings (SSSR count). The van der Waals surface area contributed by atoms with E-state index in [0.717, 1.165) is 31.7 Å². The summed E-state index contributed by atoms with van der Waals surface area (Å²) in [5, 5.41) is 6.56. The molecule has 128 valence electrons. The van der Waals surface area contributed by atoms with Gasteiger partial charge in [-0.25, -0.2) is 4.99 Å². The Kier molecular flexibility index (Phi) is 9.95. The van der Waals surface area contributed by atoms with E-state index in [1.54, 1.807) is 30.8 Å². The van der Waals surface area contributed by atoms with Crippen LogP contribution in [-0.4, -0.2) is 62.5 Å². The fourth-order valence-corrected chi connectivity index (χ4v) is 2.18. The molecule has 1 amide bonds. The molecular weight excluding hydrogens is 308 g/mol. The smallest absolute Gasteiger partial charge is 0.243 e. The summed E-state index contributed by atoms with van der Waals surface area (Å²) < 4.78 is 0. The van der Waals surface area contributed by atoms with Gasteiger partial charge in [0.2, 0.25) is 5.91 Å². The third-order valence-corrected chi connectivity index (χ3v) is 3.86. The van der Waals surface area contributed by atoms with Gasteiger partial charge in [-0.2, -0.15) is 11.8 Å². The molecule has 5 nitrogen and oxygen atoms in total. The van der Waals surface area contributed by atoms with Crippen molar-refractivity contribution >= 4 is 23.6 Å². The van der Waals surface area contributed by atoms with E-state index in [1.807, 2.05) is 6.07 Å². The third kappa shape index (κ3) is 9.13. The molecule has 0 radical (unpaired) electrons. The summed E-state index contributed by atoms with van der Waals surface area (Å²) in [4.78, 5) is 17.6. The first kappa shape index (κ1) is 19.4. The second-order valence-corrected chi connectivity index (χ2v) is 6.37. The summed E-state index contributed by atoms with van der Waals surface area (Å²) in [5.41, 5.74) is 1.34. The highest BCUT2D eigenvalue weighted by atomic mass is 32.2. The number of thioether (sulfide) groups is 1. The zero-order valence-corrected chi connectivity index (χ0v) is 15.2. The monoisotopic (exact) mass is 336 g/mol. The molecule has 0 spiro atoms. The average Bonchev–Trinajstić information content (AvgIpc) is 2.56. The van der Waals surface area contributed by atoms with Crippen molar-refractivity contribution in [3.05, 3.63) is 35.9 Å². The van der Waals surface area contributed by atoms with Gasteiger partial charge < -0.3 is 15.5 Å². The lowest BCUT2D eigenvalue weighted by Gasteiger charge is -2.13. The van der Waals surface area contributed by atoms with Crippen LogP contribution >= 0.6 is 11.8 Å².